The van der Waals surface area contributed by atoms with Gasteiger partial charge in [0.05, 0.1) is 6.61 Å². The van der Waals surface area contributed by atoms with Gasteiger partial charge in [-0.25, -0.2) is 9.18 Å². The molecule has 0 aliphatic rings. The topological polar surface area (TPSA) is 67.4 Å². The van der Waals surface area contributed by atoms with E-state index in [1.807, 2.05) is 13.8 Å². The standard InChI is InChI=1S/C17H25FN2O3/c1-5-23-17(22)20-14(8-11(2)3)10-19-16(21)13-6-7-15(18)12(4)9-13/h6-7,9,11,14H,5,8,10H2,1-4H3,(H,19,21)(H,20,22). The summed E-state index contributed by atoms with van der Waals surface area (Å²) in [6.45, 7) is 7.98. The number of carbonyl (C=O) groups is 2. The van der Waals surface area contributed by atoms with Crippen molar-refractivity contribution in [1.29, 1.82) is 0 Å². The van der Waals surface area contributed by atoms with Crippen molar-refractivity contribution in [1.82, 2.24) is 10.6 Å². The van der Waals surface area contributed by atoms with E-state index in [-0.39, 0.29) is 24.3 Å². The van der Waals surface area contributed by atoms with Crippen molar-refractivity contribution in [3.05, 3.63) is 35.1 Å². The fourth-order valence-corrected chi connectivity index (χ4v) is 2.21. The molecule has 0 heterocycles. The van der Waals surface area contributed by atoms with E-state index >= 15 is 0 Å². The van der Waals surface area contributed by atoms with Crippen molar-refractivity contribution in [2.45, 2.75) is 40.2 Å². The Morgan fingerprint density at radius 3 is 2.57 bits per heavy atom. The van der Waals surface area contributed by atoms with Gasteiger partial charge in [0.25, 0.3) is 5.91 Å². The van der Waals surface area contributed by atoms with Gasteiger partial charge in [-0.3, -0.25) is 4.79 Å². The number of amides is 2. The van der Waals surface area contributed by atoms with E-state index in [1.54, 1.807) is 13.8 Å². The first-order valence-electron chi connectivity index (χ1n) is 7.81. The Hall–Kier alpha value is -2.11. The molecule has 0 radical (unpaired) electrons. The molecule has 0 aromatic heterocycles. The minimum Gasteiger partial charge on any atom is -0.450 e. The summed E-state index contributed by atoms with van der Waals surface area (Å²) < 4.78 is 18.1. The van der Waals surface area contributed by atoms with Crippen LogP contribution in [0.4, 0.5) is 9.18 Å². The van der Waals surface area contributed by atoms with Crippen LogP contribution in [0, 0.1) is 18.7 Å². The number of carbonyl (C=O) groups excluding carboxylic acids is 2. The summed E-state index contributed by atoms with van der Waals surface area (Å²) in [6.07, 6.45) is 0.215. The van der Waals surface area contributed by atoms with E-state index in [2.05, 4.69) is 10.6 Å². The Bertz CT molecular complexity index is 547. The molecule has 2 N–H and O–H groups in total. The van der Waals surface area contributed by atoms with E-state index in [9.17, 15) is 14.0 Å². The van der Waals surface area contributed by atoms with Crippen LogP contribution < -0.4 is 10.6 Å². The van der Waals surface area contributed by atoms with Gasteiger partial charge in [0, 0.05) is 18.2 Å². The average molecular weight is 324 g/mol. The summed E-state index contributed by atoms with van der Waals surface area (Å²) in [4.78, 5) is 23.7. The normalized spacial score (nSPS) is 11.9. The number of nitrogens with one attached hydrogen (secondary N) is 2. The molecule has 0 fully saturated rings. The lowest BCUT2D eigenvalue weighted by atomic mass is 10.0. The van der Waals surface area contributed by atoms with Crippen LogP contribution in [0.15, 0.2) is 18.2 Å². The summed E-state index contributed by atoms with van der Waals surface area (Å²) >= 11 is 0. The Morgan fingerprint density at radius 1 is 1.30 bits per heavy atom. The van der Waals surface area contributed by atoms with Crippen LogP contribution >= 0.6 is 0 Å². The summed E-state index contributed by atoms with van der Waals surface area (Å²) in [5, 5.41) is 5.51. The number of rotatable bonds is 7. The zero-order valence-corrected chi connectivity index (χ0v) is 14.1. The molecule has 0 saturated carbocycles. The number of ether oxygens (including phenoxy) is 1. The fraction of sp³-hybridized carbons (Fsp3) is 0.529. The maximum atomic E-state index is 13.2. The van der Waals surface area contributed by atoms with Crippen molar-refractivity contribution in [3.63, 3.8) is 0 Å². The molecule has 1 aromatic carbocycles. The van der Waals surface area contributed by atoms with Gasteiger partial charge in [-0.15, -0.1) is 0 Å². The summed E-state index contributed by atoms with van der Waals surface area (Å²) in [5.41, 5.74) is 0.810. The minimum atomic E-state index is -0.495. The molecule has 1 unspecified atom stereocenters. The van der Waals surface area contributed by atoms with Gasteiger partial charge in [-0.1, -0.05) is 13.8 Å². The monoisotopic (exact) mass is 324 g/mol. The lowest BCUT2D eigenvalue weighted by Gasteiger charge is -2.20. The number of benzene rings is 1. The predicted octanol–water partition coefficient (Wildman–Crippen LogP) is 3.02. The Kier molecular flexibility index (Phi) is 7.51. The molecule has 0 aliphatic carbocycles. The minimum absolute atomic E-state index is 0.223. The zero-order valence-electron chi connectivity index (χ0n) is 14.1. The Labute approximate surface area is 136 Å². The zero-order chi connectivity index (χ0) is 17.4. The van der Waals surface area contributed by atoms with Gasteiger partial charge in [-0.2, -0.15) is 0 Å². The van der Waals surface area contributed by atoms with Crippen LogP contribution in [-0.4, -0.2) is 31.2 Å². The highest BCUT2D eigenvalue weighted by molar-refractivity contribution is 5.94. The number of halogens is 1. The SMILES string of the molecule is CCOC(=O)NC(CNC(=O)c1ccc(F)c(C)c1)CC(C)C. The van der Waals surface area contributed by atoms with Crippen LogP contribution in [0.2, 0.25) is 0 Å². The van der Waals surface area contributed by atoms with Gasteiger partial charge < -0.3 is 15.4 Å². The van der Waals surface area contributed by atoms with Crippen molar-refractivity contribution in [3.8, 4) is 0 Å². The first-order valence-corrected chi connectivity index (χ1v) is 7.81. The molecule has 0 aliphatic heterocycles. The van der Waals surface area contributed by atoms with E-state index in [4.69, 9.17) is 4.74 Å². The molecule has 0 bridgehead atoms. The second-order valence-electron chi connectivity index (χ2n) is 5.87. The van der Waals surface area contributed by atoms with Crippen LogP contribution in [-0.2, 0) is 4.74 Å². The van der Waals surface area contributed by atoms with Gasteiger partial charge in [0.15, 0.2) is 0 Å². The first kappa shape index (κ1) is 18.9. The molecule has 1 rings (SSSR count). The molecule has 1 aromatic rings. The largest absolute Gasteiger partial charge is 0.450 e. The third kappa shape index (κ3) is 6.67. The van der Waals surface area contributed by atoms with E-state index in [0.29, 0.717) is 30.1 Å². The quantitative estimate of drug-likeness (QED) is 0.810. The highest BCUT2D eigenvalue weighted by atomic mass is 19.1. The number of hydrogen-bond donors (Lipinski definition) is 2. The van der Waals surface area contributed by atoms with Crippen LogP contribution in [0.3, 0.4) is 0 Å². The Morgan fingerprint density at radius 2 is 2.00 bits per heavy atom. The van der Waals surface area contributed by atoms with Crippen LogP contribution in [0.25, 0.3) is 0 Å². The lowest BCUT2D eigenvalue weighted by Crippen LogP contribution is -2.44. The molecule has 0 spiro atoms. The number of aryl methyl sites for hydroxylation is 1. The third-order valence-electron chi connectivity index (χ3n) is 3.28. The molecule has 23 heavy (non-hydrogen) atoms. The molecule has 6 heteroatoms. The molecule has 5 nitrogen and oxygen atoms in total. The second-order valence-corrected chi connectivity index (χ2v) is 5.87. The molecule has 1 atom stereocenters. The van der Waals surface area contributed by atoms with Gasteiger partial charge in [0.1, 0.15) is 5.82 Å². The second kappa shape index (κ2) is 9.12. The number of hydrogen-bond acceptors (Lipinski definition) is 3. The number of alkyl carbamates (subject to hydrolysis) is 1. The highest BCUT2D eigenvalue weighted by Gasteiger charge is 2.16. The Balaban J connectivity index is 2.63. The van der Waals surface area contributed by atoms with Crippen molar-refractivity contribution >= 4 is 12.0 Å². The molecule has 2 amide bonds. The summed E-state index contributed by atoms with van der Waals surface area (Å²) in [6, 6.07) is 3.99. The van der Waals surface area contributed by atoms with Crippen molar-refractivity contribution < 1.29 is 18.7 Å². The highest BCUT2D eigenvalue weighted by Crippen LogP contribution is 2.09. The van der Waals surface area contributed by atoms with Crippen molar-refractivity contribution in [2.24, 2.45) is 5.92 Å². The molecule has 128 valence electrons. The maximum Gasteiger partial charge on any atom is 0.407 e. The molecular weight excluding hydrogens is 299 g/mol. The van der Waals surface area contributed by atoms with Gasteiger partial charge >= 0.3 is 6.09 Å². The van der Waals surface area contributed by atoms with Crippen molar-refractivity contribution in [2.75, 3.05) is 13.2 Å². The van der Waals surface area contributed by atoms with Crippen LogP contribution in [0.5, 0.6) is 0 Å². The summed E-state index contributed by atoms with van der Waals surface area (Å²) in [5.74, 6) is -0.289. The van der Waals surface area contributed by atoms with E-state index in [1.165, 1.54) is 18.2 Å². The van der Waals surface area contributed by atoms with E-state index < -0.39 is 6.09 Å². The summed E-state index contributed by atoms with van der Waals surface area (Å²) in [7, 11) is 0. The smallest absolute Gasteiger partial charge is 0.407 e. The van der Waals surface area contributed by atoms with Gasteiger partial charge in [0.2, 0.25) is 0 Å². The average Bonchev–Trinajstić information content (AvgIpc) is 2.47. The fourth-order valence-electron chi connectivity index (χ4n) is 2.21. The molecule has 0 saturated heterocycles. The lowest BCUT2D eigenvalue weighted by molar-refractivity contribution is 0.0944. The first-order chi connectivity index (χ1) is 10.8. The molecular formula is C17H25FN2O3. The van der Waals surface area contributed by atoms with E-state index in [0.717, 1.165) is 0 Å². The van der Waals surface area contributed by atoms with Crippen LogP contribution in [0.1, 0.15) is 43.1 Å². The maximum absolute atomic E-state index is 13.2. The third-order valence-corrected chi connectivity index (χ3v) is 3.28. The van der Waals surface area contributed by atoms with Gasteiger partial charge in [-0.05, 0) is 49.9 Å². The predicted molar refractivity (Wildman–Crippen MR) is 86.9 cm³/mol.